The maximum absolute atomic E-state index is 9.88. The fourth-order valence-electron chi connectivity index (χ4n) is 7.48. The number of nitrogens with one attached hydrogen (secondary N) is 2. The molecule has 3 fully saturated rings. The number of nitrogen functional groups attached to an aromatic ring is 1. The van der Waals surface area contributed by atoms with E-state index in [1.807, 2.05) is 16.9 Å². The van der Waals surface area contributed by atoms with Gasteiger partial charge in [-0.3, -0.25) is 4.68 Å². The summed E-state index contributed by atoms with van der Waals surface area (Å²) in [6.45, 7) is 5.58. The molecule has 0 saturated carbocycles. The van der Waals surface area contributed by atoms with Crippen LogP contribution in [0.2, 0.25) is 0 Å². The van der Waals surface area contributed by atoms with Crippen molar-refractivity contribution in [2.45, 2.75) is 68.7 Å². The summed E-state index contributed by atoms with van der Waals surface area (Å²) in [6, 6.07) is 8.17. The van der Waals surface area contributed by atoms with E-state index in [-0.39, 0.29) is 11.5 Å². The largest absolute Gasteiger partial charge is 0.462 e. The number of anilines is 3. The predicted molar refractivity (Wildman–Crippen MR) is 153 cm³/mol. The Labute approximate surface area is 237 Å². The van der Waals surface area contributed by atoms with E-state index in [0.29, 0.717) is 35.3 Å². The maximum Gasteiger partial charge on any atom is 0.320 e. The summed E-state index contributed by atoms with van der Waals surface area (Å²) in [5.74, 6) is 1.84. The summed E-state index contributed by atoms with van der Waals surface area (Å²) in [4.78, 5) is 15.9. The number of aryl methyl sites for hydroxylation is 1. The normalized spacial score (nSPS) is 26.2. The Morgan fingerprint density at radius 2 is 1.95 bits per heavy atom. The van der Waals surface area contributed by atoms with Crippen LogP contribution in [0.3, 0.4) is 0 Å². The molecule has 11 nitrogen and oxygen atoms in total. The standard InChI is InChI=1S/C28H34N10OS/c29-9-21-25-22(40-26(21)30)2-1-6-28(25)15-37(16-28)24-8-23(36-11-17-3-4-18(12-36)33-17)34-27(35-24)39-14-19-13-38-20(10-31-19)5-7-32-38/h5,7-8,17-19,31,33H,1-4,6,10-16,30H2. The first-order valence-electron chi connectivity index (χ1n) is 14.4. The van der Waals surface area contributed by atoms with Crippen molar-refractivity contribution in [3.05, 3.63) is 40.0 Å². The molecule has 40 heavy (non-hydrogen) atoms. The fourth-order valence-corrected chi connectivity index (χ4v) is 8.66. The Balaban J connectivity index is 1.06. The molecule has 0 aromatic carbocycles. The van der Waals surface area contributed by atoms with Crippen molar-refractivity contribution in [1.82, 2.24) is 30.4 Å². The first-order valence-corrected chi connectivity index (χ1v) is 15.2. The van der Waals surface area contributed by atoms with Crippen LogP contribution in [0.1, 0.15) is 47.4 Å². The molecule has 5 aliphatic rings. The highest BCUT2D eigenvalue weighted by Gasteiger charge is 2.50. The van der Waals surface area contributed by atoms with Gasteiger partial charge in [0.25, 0.3) is 0 Å². The van der Waals surface area contributed by atoms with Crippen LogP contribution in [-0.2, 0) is 24.9 Å². The molecule has 2 bridgehead atoms. The van der Waals surface area contributed by atoms with Crippen molar-refractivity contribution >= 4 is 28.0 Å². The molecule has 7 heterocycles. The molecule has 3 saturated heterocycles. The van der Waals surface area contributed by atoms with Crippen LogP contribution in [0.15, 0.2) is 18.3 Å². The van der Waals surface area contributed by atoms with E-state index in [2.05, 4.69) is 37.7 Å². The lowest BCUT2D eigenvalue weighted by molar-refractivity contribution is 0.214. The van der Waals surface area contributed by atoms with Crippen molar-refractivity contribution < 1.29 is 4.74 Å². The molecular weight excluding hydrogens is 524 g/mol. The highest BCUT2D eigenvalue weighted by Crippen LogP contribution is 2.51. The van der Waals surface area contributed by atoms with E-state index in [0.717, 1.165) is 70.2 Å². The number of rotatable bonds is 5. The molecule has 3 unspecified atom stereocenters. The molecule has 1 aliphatic carbocycles. The summed E-state index contributed by atoms with van der Waals surface area (Å²) >= 11 is 1.60. The monoisotopic (exact) mass is 558 g/mol. The van der Waals surface area contributed by atoms with Gasteiger partial charge < -0.3 is 30.9 Å². The molecule has 8 rings (SSSR count). The van der Waals surface area contributed by atoms with Crippen molar-refractivity contribution in [2.24, 2.45) is 0 Å². The third-order valence-electron chi connectivity index (χ3n) is 9.42. The molecular formula is C28H34N10OS. The molecule has 4 aliphatic heterocycles. The van der Waals surface area contributed by atoms with Gasteiger partial charge in [0.2, 0.25) is 0 Å². The summed E-state index contributed by atoms with van der Waals surface area (Å²) in [7, 11) is 0. The van der Waals surface area contributed by atoms with Gasteiger partial charge in [0.15, 0.2) is 0 Å². The fraction of sp³-hybridized carbons (Fsp3) is 0.571. The molecule has 4 N–H and O–H groups in total. The van der Waals surface area contributed by atoms with Gasteiger partial charge in [-0.25, -0.2) is 0 Å². The molecule has 3 aromatic heterocycles. The van der Waals surface area contributed by atoms with Gasteiger partial charge in [-0.2, -0.15) is 20.3 Å². The van der Waals surface area contributed by atoms with Crippen molar-refractivity contribution in [3.8, 4) is 12.1 Å². The van der Waals surface area contributed by atoms with Gasteiger partial charge >= 0.3 is 6.01 Å². The van der Waals surface area contributed by atoms with Crippen molar-refractivity contribution in [2.75, 3.05) is 48.3 Å². The van der Waals surface area contributed by atoms with Crippen LogP contribution in [0.25, 0.3) is 0 Å². The van der Waals surface area contributed by atoms with E-state index in [1.54, 1.807) is 11.3 Å². The zero-order valence-electron chi connectivity index (χ0n) is 22.5. The summed E-state index contributed by atoms with van der Waals surface area (Å²) in [6.07, 6.45) is 7.50. The first kappa shape index (κ1) is 24.4. The number of hydrogen-bond acceptors (Lipinski definition) is 11. The maximum atomic E-state index is 9.88. The Morgan fingerprint density at radius 1 is 1.15 bits per heavy atom. The quantitative estimate of drug-likeness (QED) is 0.426. The van der Waals surface area contributed by atoms with Crippen LogP contribution in [0.5, 0.6) is 6.01 Å². The minimum atomic E-state index is -0.0272. The highest BCUT2D eigenvalue weighted by atomic mass is 32.1. The Hall–Kier alpha value is -3.40. The lowest BCUT2D eigenvalue weighted by Gasteiger charge is -2.53. The number of piperazine rings is 1. The second kappa shape index (κ2) is 9.33. The van der Waals surface area contributed by atoms with Crippen LogP contribution in [-0.4, -0.2) is 70.7 Å². The second-order valence-corrected chi connectivity index (χ2v) is 13.2. The number of thiophene rings is 1. The Kier molecular flexibility index (Phi) is 5.69. The minimum absolute atomic E-state index is 0.0272. The number of hydrogen-bond donors (Lipinski definition) is 3. The average Bonchev–Trinajstić information content (AvgIpc) is 3.65. The predicted octanol–water partition coefficient (Wildman–Crippen LogP) is 1.77. The van der Waals surface area contributed by atoms with Crippen LogP contribution in [0.4, 0.5) is 16.6 Å². The summed E-state index contributed by atoms with van der Waals surface area (Å²) in [5, 5.41) is 22.2. The van der Waals surface area contributed by atoms with Gasteiger partial charge in [-0.1, -0.05) is 0 Å². The number of ether oxygens (including phenoxy) is 1. The molecule has 12 heteroatoms. The van der Waals surface area contributed by atoms with Crippen LogP contribution >= 0.6 is 11.3 Å². The number of nitrogens with two attached hydrogens (primary N) is 1. The Bertz CT molecular complexity index is 1470. The molecule has 1 spiro atoms. The summed E-state index contributed by atoms with van der Waals surface area (Å²) < 4.78 is 8.31. The smallest absolute Gasteiger partial charge is 0.320 e. The van der Waals surface area contributed by atoms with E-state index < -0.39 is 0 Å². The number of nitrogens with zero attached hydrogens (tertiary/aromatic N) is 7. The van der Waals surface area contributed by atoms with Crippen LogP contribution in [0, 0.1) is 11.3 Å². The zero-order valence-corrected chi connectivity index (χ0v) is 23.3. The number of fused-ring (bicyclic) bond motifs is 5. The first-order chi connectivity index (χ1) is 19.6. The second-order valence-electron chi connectivity index (χ2n) is 12.0. The molecule has 0 radical (unpaired) electrons. The van der Waals surface area contributed by atoms with Gasteiger partial charge in [0.1, 0.15) is 29.3 Å². The number of aromatic nitrogens is 4. The SMILES string of the molecule is N#Cc1c(N)sc2c1C1(CCC2)CN(c2cc(N3CC4CCC(C3)N4)nc(OCC3Cn4nccc4CN3)n2)C1. The zero-order chi connectivity index (χ0) is 26.8. The van der Waals surface area contributed by atoms with Gasteiger partial charge in [0.05, 0.1) is 23.8 Å². The van der Waals surface area contributed by atoms with Gasteiger partial charge in [-0.15, -0.1) is 11.3 Å². The molecule has 3 atom stereocenters. The Morgan fingerprint density at radius 3 is 2.75 bits per heavy atom. The summed E-state index contributed by atoms with van der Waals surface area (Å²) in [5.41, 5.74) is 9.33. The topological polar surface area (TPSA) is 133 Å². The highest BCUT2D eigenvalue weighted by molar-refractivity contribution is 7.16. The molecule has 3 aromatic rings. The van der Waals surface area contributed by atoms with Crippen molar-refractivity contribution in [1.29, 1.82) is 5.26 Å². The van der Waals surface area contributed by atoms with Crippen molar-refractivity contribution in [3.63, 3.8) is 0 Å². The number of nitriles is 1. The minimum Gasteiger partial charge on any atom is -0.462 e. The van der Waals surface area contributed by atoms with Gasteiger partial charge in [-0.05, 0) is 43.7 Å². The molecule has 0 amide bonds. The molecule has 208 valence electrons. The van der Waals surface area contributed by atoms with Gasteiger partial charge in [0, 0.05) is 67.4 Å². The van der Waals surface area contributed by atoms with E-state index in [9.17, 15) is 5.26 Å². The van der Waals surface area contributed by atoms with E-state index in [1.165, 1.54) is 29.0 Å². The third-order valence-corrected chi connectivity index (χ3v) is 10.5. The lowest BCUT2D eigenvalue weighted by atomic mass is 9.66. The average molecular weight is 559 g/mol. The lowest BCUT2D eigenvalue weighted by Crippen LogP contribution is -2.61. The third kappa shape index (κ3) is 4.02. The van der Waals surface area contributed by atoms with Crippen LogP contribution < -0.4 is 30.9 Å². The van der Waals surface area contributed by atoms with E-state index >= 15 is 0 Å². The van der Waals surface area contributed by atoms with E-state index in [4.69, 9.17) is 20.4 Å².